The van der Waals surface area contributed by atoms with Crippen molar-refractivity contribution in [1.29, 1.82) is 0 Å². The van der Waals surface area contributed by atoms with Crippen LogP contribution in [0, 0.1) is 5.92 Å². The fourth-order valence-electron chi connectivity index (χ4n) is 2.94. The summed E-state index contributed by atoms with van der Waals surface area (Å²) < 4.78 is 1.94. The van der Waals surface area contributed by atoms with Gasteiger partial charge in [-0.25, -0.2) is 4.98 Å². The molecule has 3 rings (SSSR count). The maximum atomic E-state index is 12.5. The summed E-state index contributed by atoms with van der Waals surface area (Å²) in [6, 6.07) is 0. The number of fused-ring (bicyclic) bond motifs is 1. The van der Waals surface area contributed by atoms with Gasteiger partial charge in [-0.2, -0.15) is 0 Å². The first-order valence-electron chi connectivity index (χ1n) is 8.14. The first kappa shape index (κ1) is 16.0. The van der Waals surface area contributed by atoms with Gasteiger partial charge < -0.3 is 10.2 Å². The van der Waals surface area contributed by atoms with Crippen LogP contribution in [0.2, 0.25) is 0 Å². The van der Waals surface area contributed by atoms with Crippen LogP contribution in [0.1, 0.15) is 31.9 Å². The van der Waals surface area contributed by atoms with Crippen LogP contribution >= 0.6 is 11.3 Å². The molecule has 0 bridgehead atoms. The molecule has 2 aromatic rings. The highest BCUT2D eigenvalue weighted by Crippen LogP contribution is 2.18. The van der Waals surface area contributed by atoms with Gasteiger partial charge in [-0.05, 0) is 19.3 Å². The lowest BCUT2D eigenvalue weighted by molar-refractivity contribution is -0.135. The second kappa shape index (κ2) is 7.12. The van der Waals surface area contributed by atoms with Crippen LogP contribution in [0.4, 0.5) is 0 Å². The van der Waals surface area contributed by atoms with Gasteiger partial charge in [0.2, 0.25) is 11.8 Å². The molecule has 1 fully saturated rings. The standard InChI is InChI=1S/C16H22N4O2S/c1-2-5-17-15(22)12-4-3-6-19(10-12)14(21)9-13-11-20-7-8-23-16(20)18-13/h7-8,11-12H,2-6,9-10H2,1H3,(H,17,22)/t12-/m1/s1. The van der Waals surface area contributed by atoms with E-state index in [9.17, 15) is 9.59 Å². The minimum Gasteiger partial charge on any atom is -0.356 e. The normalized spacial score (nSPS) is 18.3. The smallest absolute Gasteiger partial charge is 0.228 e. The van der Waals surface area contributed by atoms with E-state index in [4.69, 9.17) is 0 Å². The summed E-state index contributed by atoms with van der Waals surface area (Å²) in [5.41, 5.74) is 0.791. The van der Waals surface area contributed by atoms with Crippen molar-refractivity contribution in [2.24, 2.45) is 5.92 Å². The van der Waals surface area contributed by atoms with E-state index in [0.29, 0.717) is 19.5 Å². The summed E-state index contributed by atoms with van der Waals surface area (Å²) in [5.74, 6) is 0.0559. The number of hydrogen-bond donors (Lipinski definition) is 1. The Morgan fingerprint density at radius 3 is 3.13 bits per heavy atom. The number of imidazole rings is 1. The molecule has 1 atom stereocenters. The molecular weight excluding hydrogens is 312 g/mol. The third kappa shape index (κ3) is 3.72. The molecule has 0 aliphatic carbocycles. The number of nitrogens with zero attached hydrogens (tertiary/aromatic N) is 3. The Morgan fingerprint density at radius 1 is 1.48 bits per heavy atom. The maximum absolute atomic E-state index is 12.5. The quantitative estimate of drug-likeness (QED) is 0.905. The van der Waals surface area contributed by atoms with Gasteiger partial charge in [0.25, 0.3) is 0 Å². The molecule has 1 aliphatic heterocycles. The zero-order chi connectivity index (χ0) is 16.2. The molecule has 2 aromatic heterocycles. The molecule has 1 N–H and O–H groups in total. The van der Waals surface area contributed by atoms with Crippen LogP contribution in [-0.4, -0.2) is 45.7 Å². The number of carbonyl (C=O) groups is 2. The predicted octanol–water partition coefficient (Wildman–Crippen LogP) is 1.70. The predicted molar refractivity (Wildman–Crippen MR) is 89.4 cm³/mol. The molecule has 0 unspecified atom stereocenters. The molecule has 0 aromatic carbocycles. The monoisotopic (exact) mass is 334 g/mol. The number of hydrogen-bond acceptors (Lipinski definition) is 4. The maximum Gasteiger partial charge on any atom is 0.228 e. The Hall–Kier alpha value is -1.89. The van der Waals surface area contributed by atoms with Crippen LogP contribution in [0.5, 0.6) is 0 Å². The Morgan fingerprint density at radius 2 is 2.35 bits per heavy atom. The van der Waals surface area contributed by atoms with E-state index < -0.39 is 0 Å². The second-order valence-electron chi connectivity index (χ2n) is 5.97. The van der Waals surface area contributed by atoms with Crippen LogP contribution in [0.15, 0.2) is 17.8 Å². The number of thiazole rings is 1. The number of aromatic nitrogens is 2. The van der Waals surface area contributed by atoms with Crippen molar-refractivity contribution in [3.63, 3.8) is 0 Å². The number of carbonyl (C=O) groups excluding carboxylic acids is 2. The molecule has 0 radical (unpaired) electrons. The number of rotatable bonds is 5. The van der Waals surface area contributed by atoms with Gasteiger partial charge in [-0.15, -0.1) is 11.3 Å². The molecule has 23 heavy (non-hydrogen) atoms. The summed E-state index contributed by atoms with van der Waals surface area (Å²) in [6.07, 6.45) is 6.82. The van der Waals surface area contributed by atoms with Crippen molar-refractivity contribution < 1.29 is 9.59 Å². The highest BCUT2D eigenvalue weighted by molar-refractivity contribution is 7.15. The van der Waals surface area contributed by atoms with Gasteiger partial charge in [-0.3, -0.25) is 14.0 Å². The molecule has 6 nitrogen and oxygen atoms in total. The highest BCUT2D eigenvalue weighted by Gasteiger charge is 2.28. The van der Waals surface area contributed by atoms with Crippen LogP contribution in [-0.2, 0) is 16.0 Å². The van der Waals surface area contributed by atoms with E-state index >= 15 is 0 Å². The molecule has 0 spiro atoms. The van der Waals surface area contributed by atoms with Gasteiger partial charge in [0.1, 0.15) is 0 Å². The van der Waals surface area contributed by atoms with E-state index in [0.717, 1.165) is 36.5 Å². The van der Waals surface area contributed by atoms with Gasteiger partial charge in [0, 0.05) is 37.4 Å². The van der Waals surface area contributed by atoms with Crippen molar-refractivity contribution in [2.75, 3.05) is 19.6 Å². The average Bonchev–Trinajstić information content (AvgIpc) is 3.14. The van der Waals surface area contributed by atoms with Crippen molar-refractivity contribution in [3.8, 4) is 0 Å². The van der Waals surface area contributed by atoms with E-state index in [-0.39, 0.29) is 17.7 Å². The molecule has 7 heteroatoms. The number of likely N-dealkylation sites (tertiary alicyclic amines) is 1. The SMILES string of the molecule is CCCNC(=O)[C@@H]1CCCN(C(=O)Cc2cn3ccsc3n2)C1. The van der Waals surface area contributed by atoms with Gasteiger partial charge in [0.05, 0.1) is 18.0 Å². The lowest BCUT2D eigenvalue weighted by Gasteiger charge is -2.32. The summed E-state index contributed by atoms with van der Waals surface area (Å²) >= 11 is 1.56. The largest absolute Gasteiger partial charge is 0.356 e. The molecule has 0 saturated carbocycles. The third-order valence-electron chi connectivity index (χ3n) is 4.17. The topological polar surface area (TPSA) is 66.7 Å². The molecule has 1 aliphatic rings. The van der Waals surface area contributed by atoms with Gasteiger partial charge in [-0.1, -0.05) is 6.92 Å². The first-order valence-corrected chi connectivity index (χ1v) is 9.02. The second-order valence-corrected chi connectivity index (χ2v) is 6.84. The van der Waals surface area contributed by atoms with E-state index in [2.05, 4.69) is 10.3 Å². The summed E-state index contributed by atoms with van der Waals surface area (Å²) in [7, 11) is 0. The van der Waals surface area contributed by atoms with Crippen molar-refractivity contribution in [2.45, 2.75) is 32.6 Å². The molecule has 3 heterocycles. The Kier molecular flexibility index (Phi) is 4.95. The molecule has 1 saturated heterocycles. The van der Waals surface area contributed by atoms with Crippen molar-refractivity contribution >= 4 is 28.1 Å². The van der Waals surface area contributed by atoms with Gasteiger partial charge >= 0.3 is 0 Å². The summed E-state index contributed by atoms with van der Waals surface area (Å²) in [6.45, 7) is 4.00. The third-order valence-corrected chi connectivity index (χ3v) is 4.94. The minimum absolute atomic E-state index is 0.0590. The Labute approximate surface area is 139 Å². The Bertz CT molecular complexity index is 665. The van der Waals surface area contributed by atoms with E-state index in [1.807, 2.05) is 34.0 Å². The van der Waals surface area contributed by atoms with E-state index in [1.165, 1.54) is 0 Å². The molecule has 124 valence electrons. The molecular formula is C16H22N4O2S. The van der Waals surface area contributed by atoms with Crippen molar-refractivity contribution in [3.05, 3.63) is 23.5 Å². The summed E-state index contributed by atoms with van der Waals surface area (Å²) in [5, 5.41) is 4.90. The summed E-state index contributed by atoms with van der Waals surface area (Å²) in [4.78, 5) is 31.8. The number of nitrogens with one attached hydrogen (secondary N) is 1. The van der Waals surface area contributed by atoms with Gasteiger partial charge in [0.15, 0.2) is 4.96 Å². The fraction of sp³-hybridized carbons (Fsp3) is 0.562. The van der Waals surface area contributed by atoms with Crippen LogP contribution in [0.25, 0.3) is 4.96 Å². The minimum atomic E-state index is -0.0789. The number of piperidine rings is 1. The Balaban J connectivity index is 1.58. The molecule has 2 amide bonds. The first-order chi connectivity index (χ1) is 11.2. The van der Waals surface area contributed by atoms with E-state index in [1.54, 1.807) is 11.3 Å². The number of amides is 2. The zero-order valence-corrected chi connectivity index (χ0v) is 14.1. The lowest BCUT2D eigenvalue weighted by Crippen LogP contribution is -2.46. The fourth-order valence-corrected chi connectivity index (χ4v) is 3.66. The van der Waals surface area contributed by atoms with Crippen LogP contribution < -0.4 is 5.32 Å². The highest BCUT2D eigenvalue weighted by atomic mass is 32.1. The lowest BCUT2D eigenvalue weighted by atomic mass is 9.96. The van der Waals surface area contributed by atoms with Crippen LogP contribution in [0.3, 0.4) is 0 Å². The zero-order valence-electron chi connectivity index (χ0n) is 13.3. The van der Waals surface area contributed by atoms with Crippen molar-refractivity contribution in [1.82, 2.24) is 19.6 Å². The average molecular weight is 334 g/mol.